The van der Waals surface area contributed by atoms with Crippen molar-refractivity contribution < 1.29 is 0 Å². The van der Waals surface area contributed by atoms with Gasteiger partial charge in [-0.15, -0.1) is 0 Å². The molecule has 2 aliphatic carbocycles. The van der Waals surface area contributed by atoms with Gasteiger partial charge in [-0.05, 0) is 177 Å². The van der Waals surface area contributed by atoms with Crippen LogP contribution < -0.4 is 0 Å². The summed E-state index contributed by atoms with van der Waals surface area (Å²) in [5, 5.41) is 12.4. The molecule has 0 fully saturated rings. The van der Waals surface area contributed by atoms with Crippen molar-refractivity contribution in [2.45, 2.75) is 5.41 Å². The van der Waals surface area contributed by atoms with Gasteiger partial charge in [0.1, 0.15) is 0 Å². The molecule has 374 valence electrons. The number of para-hydroxylation sites is 4. The SMILES string of the molecule is c1ccc(-n2c3ccccc3c3cc(-c4cccc5c(-c6cccc7c6-c6ccccc6C76c7ccccc7-c7c6ccc6ccccc76)c6cccc(-c7ccc8c(c7)c7ccccc7n8-c7ccccc7)c6cc45)ccc32)cc1. The smallest absolute Gasteiger partial charge is 0.0725 e. The number of benzene rings is 14. The highest BCUT2D eigenvalue weighted by molar-refractivity contribution is 6.22. The molecular formula is C79H48N2. The molecule has 81 heavy (non-hydrogen) atoms. The van der Waals surface area contributed by atoms with Gasteiger partial charge in [0.15, 0.2) is 0 Å². The molecule has 2 aromatic heterocycles. The van der Waals surface area contributed by atoms with Crippen molar-refractivity contribution in [1.82, 2.24) is 9.13 Å². The summed E-state index contributed by atoms with van der Waals surface area (Å²) in [5.74, 6) is 0. The molecule has 0 aliphatic heterocycles. The van der Waals surface area contributed by atoms with Crippen LogP contribution in [-0.4, -0.2) is 9.13 Å². The van der Waals surface area contributed by atoms with Crippen LogP contribution in [0.5, 0.6) is 0 Å². The average Bonchev–Trinajstić information content (AvgIpc) is 3.70. The van der Waals surface area contributed by atoms with Gasteiger partial charge >= 0.3 is 0 Å². The summed E-state index contributed by atoms with van der Waals surface area (Å²) in [7, 11) is 0. The maximum absolute atomic E-state index is 2.51. The van der Waals surface area contributed by atoms with Crippen LogP contribution in [0.2, 0.25) is 0 Å². The molecule has 2 nitrogen and oxygen atoms in total. The molecule has 1 unspecified atom stereocenters. The second kappa shape index (κ2) is 16.7. The van der Waals surface area contributed by atoms with E-state index in [0.29, 0.717) is 0 Å². The van der Waals surface area contributed by atoms with E-state index in [0.717, 1.165) is 11.4 Å². The first-order valence-electron chi connectivity index (χ1n) is 28.2. The Morgan fingerprint density at radius 3 is 1.22 bits per heavy atom. The van der Waals surface area contributed by atoms with Gasteiger partial charge in [0.25, 0.3) is 0 Å². The third kappa shape index (κ3) is 6.00. The van der Waals surface area contributed by atoms with Crippen LogP contribution in [0.3, 0.4) is 0 Å². The van der Waals surface area contributed by atoms with E-state index in [1.807, 2.05) is 0 Å². The van der Waals surface area contributed by atoms with Gasteiger partial charge in [0.05, 0.1) is 27.5 Å². The van der Waals surface area contributed by atoms with Crippen molar-refractivity contribution >= 4 is 75.9 Å². The minimum atomic E-state index is -0.517. The van der Waals surface area contributed by atoms with Gasteiger partial charge in [-0.3, -0.25) is 0 Å². The number of nitrogens with zero attached hydrogens (tertiary/aromatic N) is 2. The van der Waals surface area contributed by atoms with E-state index in [1.54, 1.807) is 0 Å². The maximum atomic E-state index is 2.51. The highest BCUT2D eigenvalue weighted by Gasteiger charge is 2.52. The van der Waals surface area contributed by atoms with Crippen LogP contribution in [0.15, 0.2) is 291 Å². The van der Waals surface area contributed by atoms with Crippen LogP contribution >= 0.6 is 0 Å². The predicted octanol–water partition coefficient (Wildman–Crippen LogP) is 20.7. The Labute approximate surface area is 468 Å². The van der Waals surface area contributed by atoms with Crippen molar-refractivity contribution in [2.75, 3.05) is 0 Å². The zero-order valence-electron chi connectivity index (χ0n) is 44.1. The first-order chi connectivity index (χ1) is 40.2. The molecule has 0 N–H and O–H groups in total. The number of rotatable bonds is 5. The van der Waals surface area contributed by atoms with Gasteiger partial charge in [-0.2, -0.15) is 0 Å². The Morgan fingerprint density at radius 2 is 0.630 bits per heavy atom. The van der Waals surface area contributed by atoms with Crippen molar-refractivity contribution in [2.24, 2.45) is 0 Å². The second-order valence-electron chi connectivity index (χ2n) is 22.2. The van der Waals surface area contributed by atoms with Crippen LogP contribution in [0.25, 0.3) is 143 Å². The zero-order valence-corrected chi connectivity index (χ0v) is 44.1. The summed E-state index contributed by atoms with van der Waals surface area (Å²) >= 11 is 0. The lowest BCUT2D eigenvalue weighted by Gasteiger charge is -2.30. The monoisotopic (exact) mass is 1020 g/mol. The molecule has 0 saturated carbocycles. The van der Waals surface area contributed by atoms with Gasteiger partial charge in [-0.25, -0.2) is 0 Å². The van der Waals surface area contributed by atoms with E-state index in [2.05, 4.69) is 300 Å². The molecule has 16 aromatic rings. The van der Waals surface area contributed by atoms with Gasteiger partial charge in [-0.1, -0.05) is 224 Å². The predicted molar refractivity (Wildman–Crippen MR) is 340 cm³/mol. The molecule has 2 heteroatoms. The molecule has 0 radical (unpaired) electrons. The fraction of sp³-hybridized carbons (Fsp3) is 0.0127. The van der Waals surface area contributed by atoms with Crippen LogP contribution in [0, 0.1) is 0 Å². The molecular weight excluding hydrogens is 977 g/mol. The third-order valence-corrected chi connectivity index (χ3v) is 18.3. The van der Waals surface area contributed by atoms with Crippen molar-refractivity contribution in [3.63, 3.8) is 0 Å². The fourth-order valence-corrected chi connectivity index (χ4v) is 15.1. The molecule has 2 heterocycles. The topological polar surface area (TPSA) is 9.86 Å². The Kier molecular flexibility index (Phi) is 9.18. The molecule has 18 rings (SSSR count). The summed E-state index contributed by atoms with van der Waals surface area (Å²) in [4.78, 5) is 0. The van der Waals surface area contributed by atoms with E-state index < -0.39 is 5.41 Å². The lowest BCUT2D eigenvalue weighted by molar-refractivity contribution is 0.794. The van der Waals surface area contributed by atoms with Crippen LogP contribution in [-0.2, 0) is 5.41 Å². The second-order valence-corrected chi connectivity index (χ2v) is 22.2. The Balaban J connectivity index is 0.940. The summed E-state index contributed by atoms with van der Waals surface area (Å²) in [6.45, 7) is 0. The van der Waals surface area contributed by atoms with E-state index in [1.165, 1.54) is 154 Å². The molecule has 0 amide bonds. The summed E-state index contributed by atoms with van der Waals surface area (Å²) in [5.41, 5.74) is 24.5. The molecule has 2 aliphatic rings. The maximum Gasteiger partial charge on any atom is 0.0725 e. The summed E-state index contributed by atoms with van der Waals surface area (Å²) in [6.07, 6.45) is 0. The van der Waals surface area contributed by atoms with Crippen molar-refractivity contribution in [3.8, 4) is 67.0 Å². The summed E-state index contributed by atoms with van der Waals surface area (Å²) < 4.78 is 4.82. The largest absolute Gasteiger partial charge is 0.309 e. The third-order valence-electron chi connectivity index (χ3n) is 18.3. The fourth-order valence-electron chi connectivity index (χ4n) is 15.1. The molecule has 1 spiro atoms. The molecule has 14 aromatic carbocycles. The normalized spacial score (nSPS) is 14.2. The standard InChI is InChI=1S/C79H48N2/c1-3-21-52(22-4-1)80-72-38-15-11-26-57(72)66-46-50(41-44-74(66)80)54-30-17-32-59-64(54)48-65-55(51-42-45-75-67(47-51)58-27-12-16-39-73(58)81(75)53-23-5-2-6-24-53)31-18-33-60(65)76(59)63-34-19-37-70-78(63)62-29-10-14-36-69(62)79(70)68-35-13-9-28-61(68)77-56-25-8-7-20-49(56)40-43-71(77)79/h1-48H. The Hall–Kier alpha value is -10.5. The Morgan fingerprint density at radius 1 is 0.210 bits per heavy atom. The number of hydrogen-bond acceptors (Lipinski definition) is 0. The zero-order chi connectivity index (χ0) is 52.9. The average molecular weight is 1030 g/mol. The van der Waals surface area contributed by atoms with Crippen LogP contribution in [0.4, 0.5) is 0 Å². The molecule has 0 saturated heterocycles. The number of hydrogen-bond donors (Lipinski definition) is 0. The van der Waals surface area contributed by atoms with Crippen molar-refractivity contribution in [1.29, 1.82) is 0 Å². The van der Waals surface area contributed by atoms with Gasteiger partial charge < -0.3 is 9.13 Å². The molecule has 1 atom stereocenters. The number of fused-ring (bicyclic) bond motifs is 20. The Bertz CT molecular complexity index is 5130. The minimum Gasteiger partial charge on any atom is -0.309 e. The minimum absolute atomic E-state index is 0.517. The highest BCUT2D eigenvalue weighted by atomic mass is 15.0. The van der Waals surface area contributed by atoms with E-state index in [4.69, 9.17) is 0 Å². The molecule has 0 bridgehead atoms. The van der Waals surface area contributed by atoms with Crippen molar-refractivity contribution in [3.05, 3.63) is 313 Å². The first kappa shape index (κ1) is 44.4. The lowest BCUT2D eigenvalue weighted by atomic mass is 9.70. The quantitative estimate of drug-likeness (QED) is 0.152. The lowest BCUT2D eigenvalue weighted by Crippen LogP contribution is -2.25. The van der Waals surface area contributed by atoms with Gasteiger partial charge in [0, 0.05) is 32.9 Å². The van der Waals surface area contributed by atoms with E-state index in [-0.39, 0.29) is 0 Å². The van der Waals surface area contributed by atoms with Crippen LogP contribution in [0.1, 0.15) is 22.3 Å². The van der Waals surface area contributed by atoms with Gasteiger partial charge in [0.2, 0.25) is 0 Å². The summed E-state index contributed by atoms with van der Waals surface area (Å²) in [6, 6.07) is 109. The number of aromatic nitrogens is 2. The van der Waals surface area contributed by atoms with E-state index >= 15 is 0 Å². The highest BCUT2D eigenvalue weighted by Crippen LogP contribution is 2.65. The first-order valence-corrected chi connectivity index (χ1v) is 28.2. The van der Waals surface area contributed by atoms with E-state index in [9.17, 15) is 0 Å².